The van der Waals surface area contributed by atoms with Gasteiger partial charge in [0.15, 0.2) is 12.6 Å². The maximum atomic E-state index is 13.4. The Morgan fingerprint density at radius 2 is 1.60 bits per heavy atom. The van der Waals surface area contributed by atoms with Crippen molar-refractivity contribution in [3.63, 3.8) is 0 Å². The zero-order valence-electron chi connectivity index (χ0n) is 27.6. The molecule has 0 N–H and O–H groups in total. The van der Waals surface area contributed by atoms with Gasteiger partial charge in [0.25, 0.3) is 0 Å². The van der Waals surface area contributed by atoms with Crippen LogP contribution in [0, 0.1) is 23.7 Å². The lowest BCUT2D eigenvalue weighted by Crippen LogP contribution is -2.32. The van der Waals surface area contributed by atoms with Gasteiger partial charge in [0.1, 0.15) is 5.78 Å². The first-order valence-electron chi connectivity index (χ1n) is 18.3. The van der Waals surface area contributed by atoms with Crippen molar-refractivity contribution in [2.24, 2.45) is 23.7 Å². The van der Waals surface area contributed by atoms with Gasteiger partial charge in [-0.15, -0.1) is 0 Å². The Labute approximate surface area is 270 Å². The summed E-state index contributed by atoms with van der Waals surface area (Å²) >= 11 is 0. The molecular formula is C37H58O8. The molecular weight excluding hydrogens is 572 g/mol. The van der Waals surface area contributed by atoms with Gasteiger partial charge in [-0.3, -0.25) is 9.59 Å². The van der Waals surface area contributed by atoms with Gasteiger partial charge in [-0.25, -0.2) is 0 Å². The highest BCUT2D eigenvalue weighted by atomic mass is 16.7. The molecule has 5 fully saturated rings. The molecule has 8 heteroatoms. The predicted molar refractivity (Wildman–Crippen MR) is 171 cm³/mol. The first-order chi connectivity index (χ1) is 22.1. The number of rotatable bonds is 15. The number of hydrogen-bond donors (Lipinski definition) is 0. The summed E-state index contributed by atoms with van der Waals surface area (Å²) in [5.41, 5.74) is 0. The van der Waals surface area contributed by atoms with E-state index in [1.807, 2.05) is 0 Å². The number of ether oxygens (including phenoxy) is 6. The molecule has 3 heterocycles. The first kappa shape index (κ1) is 34.7. The van der Waals surface area contributed by atoms with Gasteiger partial charge in [-0.05, 0) is 95.3 Å². The number of hydrogen-bond acceptors (Lipinski definition) is 8. The second-order valence-corrected chi connectivity index (χ2v) is 13.8. The summed E-state index contributed by atoms with van der Waals surface area (Å²) in [6.45, 7) is 4.44. The van der Waals surface area contributed by atoms with Crippen molar-refractivity contribution in [1.82, 2.24) is 0 Å². The highest BCUT2D eigenvalue weighted by Gasteiger charge is 2.43. The van der Waals surface area contributed by atoms with Crippen LogP contribution >= 0.6 is 0 Å². The molecule has 0 aromatic carbocycles. The minimum atomic E-state index is -0.378. The van der Waals surface area contributed by atoms with Crippen molar-refractivity contribution in [3.05, 3.63) is 24.3 Å². The van der Waals surface area contributed by atoms with E-state index in [1.54, 1.807) is 0 Å². The van der Waals surface area contributed by atoms with Gasteiger partial charge >= 0.3 is 5.97 Å². The molecule has 9 atom stereocenters. The van der Waals surface area contributed by atoms with Crippen LogP contribution in [-0.4, -0.2) is 62.7 Å². The van der Waals surface area contributed by atoms with E-state index < -0.39 is 0 Å². The number of allylic oxidation sites excluding steroid dienone is 2. The lowest BCUT2D eigenvalue weighted by molar-refractivity contribution is -0.193. The van der Waals surface area contributed by atoms with Crippen molar-refractivity contribution in [3.8, 4) is 0 Å². The fraction of sp³-hybridized carbons (Fsp3) is 0.838. The lowest BCUT2D eigenvalue weighted by atomic mass is 9.89. The Balaban J connectivity index is 1.19. The Bertz CT molecular complexity index is 946. The minimum absolute atomic E-state index is 0.0121. The van der Waals surface area contributed by atoms with Crippen LogP contribution in [0.5, 0.6) is 0 Å². The molecule has 0 amide bonds. The smallest absolute Gasteiger partial charge is 0.308 e. The van der Waals surface area contributed by atoms with Crippen molar-refractivity contribution < 1.29 is 38.0 Å². The Kier molecular flexibility index (Phi) is 14.4. The molecule has 5 rings (SSSR count). The van der Waals surface area contributed by atoms with Crippen LogP contribution in [0.1, 0.15) is 122 Å². The third kappa shape index (κ3) is 11.0. The standard InChI is InChI=1S/C37H58O8/c1-2-27-18-19-28(25-27)32(43-35-15-7-10-22-40-35)21-20-30-29(31(38)26-33(30)44-36-16-8-11-23-41-36)13-5-3-4-6-14-34(39)45-37-17-9-12-24-42-37/h3,5,20-21,27-30,32-33,35-37H,2,4,6-19,22-26H2,1H3/b5-3?,21-20+/t27?,28?,29-,30-,32-,33-,35?,36?,37?/m1/s1. The van der Waals surface area contributed by atoms with Crippen molar-refractivity contribution in [2.75, 3.05) is 19.8 Å². The highest BCUT2D eigenvalue weighted by Crippen LogP contribution is 2.40. The van der Waals surface area contributed by atoms with Crippen molar-refractivity contribution >= 4 is 11.8 Å². The summed E-state index contributed by atoms with van der Waals surface area (Å²) in [7, 11) is 0. The van der Waals surface area contributed by atoms with E-state index in [-0.39, 0.29) is 54.7 Å². The SMILES string of the molecule is CCC1CCC([C@@H](/C=C/[C@H]2[C@H](OC3CCCCO3)CC(=O)[C@@H]2CC=CCCCC(=O)OC2CCCCO2)OC2CCCCO2)C1. The molecule has 5 unspecified atom stereocenters. The summed E-state index contributed by atoms with van der Waals surface area (Å²) in [5, 5.41) is 0. The maximum Gasteiger partial charge on any atom is 0.308 e. The van der Waals surface area contributed by atoms with Gasteiger partial charge in [-0.1, -0.05) is 44.1 Å². The van der Waals surface area contributed by atoms with Gasteiger partial charge in [0, 0.05) is 44.3 Å². The van der Waals surface area contributed by atoms with E-state index in [1.165, 1.54) is 25.7 Å². The van der Waals surface area contributed by atoms with Crippen molar-refractivity contribution in [1.29, 1.82) is 0 Å². The second kappa shape index (κ2) is 18.7. The molecule has 3 aliphatic heterocycles. The molecule has 8 nitrogen and oxygen atoms in total. The van der Waals surface area contributed by atoms with E-state index in [0.29, 0.717) is 31.8 Å². The third-order valence-electron chi connectivity index (χ3n) is 10.5. The first-order valence-corrected chi connectivity index (χ1v) is 18.3. The lowest BCUT2D eigenvalue weighted by Gasteiger charge is -2.31. The number of ketones is 1. The molecule has 0 bridgehead atoms. The van der Waals surface area contributed by atoms with E-state index in [4.69, 9.17) is 28.4 Å². The van der Waals surface area contributed by atoms with Crippen LogP contribution in [0.2, 0.25) is 0 Å². The molecule has 2 aliphatic carbocycles. The summed E-state index contributed by atoms with van der Waals surface area (Å²) in [6, 6.07) is 0. The predicted octanol–water partition coefficient (Wildman–Crippen LogP) is 7.58. The van der Waals surface area contributed by atoms with Crippen LogP contribution in [-0.2, 0) is 38.0 Å². The second-order valence-electron chi connectivity index (χ2n) is 13.8. The average molecular weight is 631 g/mol. The number of carbonyl (C=O) groups is 2. The summed E-state index contributed by atoms with van der Waals surface area (Å²) in [5.74, 6) is 1.13. The van der Waals surface area contributed by atoms with Gasteiger partial charge in [0.2, 0.25) is 6.29 Å². The topological polar surface area (TPSA) is 89.5 Å². The van der Waals surface area contributed by atoms with Crippen molar-refractivity contribution in [2.45, 2.75) is 154 Å². The average Bonchev–Trinajstić information content (AvgIpc) is 3.66. The van der Waals surface area contributed by atoms with Crippen LogP contribution in [0.3, 0.4) is 0 Å². The molecule has 0 aromatic heterocycles. The summed E-state index contributed by atoms with van der Waals surface area (Å²) in [4.78, 5) is 25.6. The number of esters is 1. The highest BCUT2D eigenvalue weighted by molar-refractivity contribution is 5.85. The Morgan fingerprint density at radius 1 is 0.889 bits per heavy atom. The van der Waals surface area contributed by atoms with Crippen LogP contribution in [0.4, 0.5) is 0 Å². The Hall–Kier alpha value is -1.58. The molecule has 45 heavy (non-hydrogen) atoms. The molecule has 3 saturated heterocycles. The molecule has 2 saturated carbocycles. The summed E-state index contributed by atoms with van der Waals surface area (Å²) < 4.78 is 36.0. The molecule has 0 spiro atoms. The van der Waals surface area contributed by atoms with Gasteiger partial charge in [-0.2, -0.15) is 0 Å². The molecule has 254 valence electrons. The van der Waals surface area contributed by atoms with Crippen LogP contribution in [0.15, 0.2) is 24.3 Å². The van der Waals surface area contributed by atoms with E-state index in [0.717, 1.165) is 89.8 Å². The fourth-order valence-corrected chi connectivity index (χ4v) is 7.72. The molecule has 0 aromatic rings. The monoisotopic (exact) mass is 630 g/mol. The van der Waals surface area contributed by atoms with Gasteiger partial charge in [0.05, 0.1) is 18.8 Å². The Morgan fingerprint density at radius 3 is 2.27 bits per heavy atom. The van der Waals surface area contributed by atoms with E-state index >= 15 is 0 Å². The molecule has 0 radical (unpaired) electrons. The normalized spacial score (nSPS) is 35.4. The number of unbranched alkanes of at least 4 members (excludes halogenated alkanes) is 1. The third-order valence-corrected chi connectivity index (χ3v) is 10.5. The quantitative estimate of drug-likeness (QED) is 0.104. The largest absolute Gasteiger partial charge is 0.436 e. The zero-order valence-corrected chi connectivity index (χ0v) is 27.6. The van der Waals surface area contributed by atoms with E-state index in [2.05, 4.69) is 31.2 Å². The summed E-state index contributed by atoms with van der Waals surface area (Å²) in [6.07, 6.45) is 24.6. The minimum Gasteiger partial charge on any atom is -0.436 e. The van der Waals surface area contributed by atoms with Crippen LogP contribution < -0.4 is 0 Å². The molecule has 5 aliphatic rings. The fourth-order valence-electron chi connectivity index (χ4n) is 7.72. The van der Waals surface area contributed by atoms with Gasteiger partial charge < -0.3 is 28.4 Å². The van der Waals surface area contributed by atoms with Crippen LogP contribution in [0.25, 0.3) is 0 Å². The maximum absolute atomic E-state index is 13.4. The zero-order chi connectivity index (χ0) is 31.3. The number of Topliss-reactive ketones (excluding diaryl/α,β-unsaturated/α-hetero) is 1. The number of carbonyl (C=O) groups excluding carboxylic acids is 2. The van der Waals surface area contributed by atoms with E-state index in [9.17, 15) is 9.59 Å².